The predicted octanol–water partition coefficient (Wildman–Crippen LogP) is 3.12. The average molecular weight is 244 g/mol. The highest BCUT2D eigenvalue weighted by Crippen LogP contribution is 2.26. The molecule has 0 atom stereocenters. The van der Waals surface area contributed by atoms with Crippen LogP contribution < -0.4 is 10.5 Å². The van der Waals surface area contributed by atoms with Gasteiger partial charge in [-0.05, 0) is 26.0 Å². The molecule has 0 aromatic heterocycles. The molecule has 4 heteroatoms. The van der Waals surface area contributed by atoms with Crippen LogP contribution in [-0.4, -0.2) is 19.3 Å². The number of nitrogen functional groups attached to an aromatic ring is 1. The van der Waals surface area contributed by atoms with E-state index < -0.39 is 0 Å². The maximum atomic E-state index is 5.85. The van der Waals surface area contributed by atoms with E-state index in [1.165, 1.54) is 0 Å². The monoisotopic (exact) mass is 243 g/mol. The van der Waals surface area contributed by atoms with Crippen LogP contribution in [0, 0.1) is 0 Å². The van der Waals surface area contributed by atoms with Crippen LogP contribution in [0.25, 0.3) is 0 Å². The van der Waals surface area contributed by atoms with Gasteiger partial charge in [-0.25, -0.2) is 0 Å². The van der Waals surface area contributed by atoms with Crippen molar-refractivity contribution in [3.63, 3.8) is 0 Å². The molecule has 16 heavy (non-hydrogen) atoms. The first-order valence-electron chi connectivity index (χ1n) is 5.17. The lowest BCUT2D eigenvalue weighted by molar-refractivity contribution is 0.00552. The molecule has 0 heterocycles. The van der Waals surface area contributed by atoms with Crippen LogP contribution in [0.3, 0.4) is 0 Å². The van der Waals surface area contributed by atoms with Crippen LogP contribution in [0.15, 0.2) is 18.2 Å². The molecule has 90 valence electrons. The van der Waals surface area contributed by atoms with Crippen molar-refractivity contribution in [3.8, 4) is 5.75 Å². The van der Waals surface area contributed by atoms with Gasteiger partial charge in [0.25, 0.3) is 0 Å². The lowest BCUT2D eigenvalue weighted by Gasteiger charge is -2.22. The summed E-state index contributed by atoms with van der Waals surface area (Å²) < 4.78 is 10.9. The summed E-state index contributed by atoms with van der Waals surface area (Å²) in [6.07, 6.45) is 0.787. The maximum Gasteiger partial charge on any atom is 0.143 e. The molecule has 3 nitrogen and oxygen atoms in total. The standard InChI is InChI=1S/C12H18ClNO2/c1-12(2,15-3)6-7-16-11-8-9(13)4-5-10(11)14/h4-5,8H,6-7,14H2,1-3H3. The van der Waals surface area contributed by atoms with Crippen molar-refractivity contribution in [2.45, 2.75) is 25.9 Å². The highest BCUT2D eigenvalue weighted by atomic mass is 35.5. The Morgan fingerprint density at radius 1 is 1.38 bits per heavy atom. The second kappa shape index (κ2) is 5.41. The molecule has 2 N–H and O–H groups in total. The molecule has 0 saturated carbocycles. The fraction of sp³-hybridized carbons (Fsp3) is 0.500. The summed E-state index contributed by atoms with van der Waals surface area (Å²) in [5.41, 5.74) is 6.17. The van der Waals surface area contributed by atoms with E-state index in [4.69, 9.17) is 26.8 Å². The molecule has 0 aliphatic heterocycles. The summed E-state index contributed by atoms with van der Waals surface area (Å²) >= 11 is 5.85. The van der Waals surface area contributed by atoms with Crippen molar-refractivity contribution in [3.05, 3.63) is 23.2 Å². The van der Waals surface area contributed by atoms with Gasteiger partial charge in [-0.2, -0.15) is 0 Å². The second-order valence-electron chi connectivity index (χ2n) is 4.24. The quantitative estimate of drug-likeness (QED) is 0.809. The topological polar surface area (TPSA) is 44.5 Å². The average Bonchev–Trinajstić information content (AvgIpc) is 2.23. The molecular formula is C12H18ClNO2. The lowest BCUT2D eigenvalue weighted by Crippen LogP contribution is -2.25. The van der Waals surface area contributed by atoms with Crippen molar-refractivity contribution in [2.24, 2.45) is 0 Å². The minimum absolute atomic E-state index is 0.187. The first-order valence-corrected chi connectivity index (χ1v) is 5.55. The van der Waals surface area contributed by atoms with Gasteiger partial charge in [-0.1, -0.05) is 11.6 Å². The molecule has 1 aromatic carbocycles. The Morgan fingerprint density at radius 2 is 2.06 bits per heavy atom. The van der Waals surface area contributed by atoms with E-state index in [1.807, 2.05) is 13.8 Å². The lowest BCUT2D eigenvalue weighted by atomic mass is 10.1. The number of halogens is 1. The summed E-state index contributed by atoms with van der Waals surface area (Å²) in [7, 11) is 1.69. The van der Waals surface area contributed by atoms with E-state index in [0.717, 1.165) is 6.42 Å². The largest absolute Gasteiger partial charge is 0.491 e. The van der Waals surface area contributed by atoms with Gasteiger partial charge < -0.3 is 15.2 Å². The van der Waals surface area contributed by atoms with Crippen molar-refractivity contribution in [1.29, 1.82) is 0 Å². The molecule has 1 aromatic rings. The zero-order chi connectivity index (χ0) is 12.2. The number of hydrogen-bond acceptors (Lipinski definition) is 3. The van der Waals surface area contributed by atoms with Crippen LogP contribution in [-0.2, 0) is 4.74 Å². The second-order valence-corrected chi connectivity index (χ2v) is 4.68. The number of ether oxygens (including phenoxy) is 2. The molecule has 0 unspecified atom stereocenters. The summed E-state index contributed by atoms with van der Waals surface area (Å²) in [5, 5.41) is 0.621. The van der Waals surface area contributed by atoms with Gasteiger partial charge in [0.05, 0.1) is 17.9 Å². The Morgan fingerprint density at radius 3 is 2.69 bits per heavy atom. The van der Waals surface area contributed by atoms with E-state index in [1.54, 1.807) is 25.3 Å². The smallest absolute Gasteiger partial charge is 0.143 e. The molecule has 0 aliphatic rings. The fourth-order valence-corrected chi connectivity index (χ4v) is 1.30. The predicted molar refractivity (Wildman–Crippen MR) is 67.1 cm³/mol. The first-order chi connectivity index (χ1) is 7.44. The molecule has 0 bridgehead atoms. The number of methoxy groups -OCH3 is 1. The van der Waals surface area contributed by atoms with Gasteiger partial charge in [0.15, 0.2) is 0 Å². The fourth-order valence-electron chi connectivity index (χ4n) is 1.14. The minimum Gasteiger partial charge on any atom is -0.491 e. The van der Waals surface area contributed by atoms with E-state index >= 15 is 0 Å². The Labute approximate surface area is 101 Å². The Bertz CT molecular complexity index is 353. The highest BCUT2D eigenvalue weighted by Gasteiger charge is 2.16. The van der Waals surface area contributed by atoms with E-state index in [9.17, 15) is 0 Å². The Kier molecular flexibility index (Phi) is 4.44. The van der Waals surface area contributed by atoms with Crippen molar-refractivity contribution in [1.82, 2.24) is 0 Å². The van der Waals surface area contributed by atoms with Crippen molar-refractivity contribution >= 4 is 17.3 Å². The zero-order valence-electron chi connectivity index (χ0n) is 9.92. The molecule has 0 amide bonds. The summed E-state index contributed by atoms with van der Waals surface area (Å²) in [5.74, 6) is 0.624. The molecule has 1 rings (SSSR count). The maximum absolute atomic E-state index is 5.85. The van der Waals surface area contributed by atoms with E-state index in [-0.39, 0.29) is 5.60 Å². The normalized spacial score (nSPS) is 11.5. The first kappa shape index (κ1) is 13.1. The van der Waals surface area contributed by atoms with Crippen LogP contribution in [0.4, 0.5) is 5.69 Å². The number of benzene rings is 1. The summed E-state index contributed by atoms with van der Waals surface area (Å²) in [6.45, 7) is 4.57. The third kappa shape index (κ3) is 3.91. The van der Waals surface area contributed by atoms with Crippen LogP contribution in [0.2, 0.25) is 5.02 Å². The van der Waals surface area contributed by atoms with Gasteiger partial charge in [-0.3, -0.25) is 0 Å². The van der Waals surface area contributed by atoms with Crippen LogP contribution in [0.5, 0.6) is 5.75 Å². The number of anilines is 1. The third-order valence-corrected chi connectivity index (χ3v) is 2.72. The minimum atomic E-state index is -0.187. The van der Waals surface area contributed by atoms with Gasteiger partial charge >= 0.3 is 0 Å². The summed E-state index contributed by atoms with van der Waals surface area (Å²) in [4.78, 5) is 0. The van der Waals surface area contributed by atoms with E-state index in [0.29, 0.717) is 23.1 Å². The van der Waals surface area contributed by atoms with Crippen molar-refractivity contribution < 1.29 is 9.47 Å². The number of nitrogens with two attached hydrogens (primary N) is 1. The molecule has 0 radical (unpaired) electrons. The third-order valence-electron chi connectivity index (χ3n) is 2.49. The number of hydrogen-bond donors (Lipinski definition) is 1. The molecule has 0 fully saturated rings. The SMILES string of the molecule is COC(C)(C)CCOc1cc(Cl)ccc1N. The van der Waals surface area contributed by atoms with Gasteiger partial charge in [-0.15, -0.1) is 0 Å². The van der Waals surface area contributed by atoms with E-state index in [2.05, 4.69) is 0 Å². The highest BCUT2D eigenvalue weighted by molar-refractivity contribution is 6.30. The van der Waals surface area contributed by atoms with Gasteiger partial charge in [0.1, 0.15) is 5.75 Å². The van der Waals surface area contributed by atoms with Crippen LogP contribution in [0.1, 0.15) is 20.3 Å². The molecule has 0 spiro atoms. The molecular weight excluding hydrogens is 226 g/mol. The Balaban J connectivity index is 2.52. The van der Waals surface area contributed by atoms with Gasteiger partial charge in [0.2, 0.25) is 0 Å². The van der Waals surface area contributed by atoms with Gasteiger partial charge in [0, 0.05) is 24.6 Å². The summed E-state index contributed by atoms with van der Waals surface area (Å²) in [6, 6.07) is 5.19. The molecule has 0 saturated heterocycles. The van der Waals surface area contributed by atoms with Crippen LogP contribution >= 0.6 is 11.6 Å². The van der Waals surface area contributed by atoms with Crippen molar-refractivity contribution in [2.75, 3.05) is 19.5 Å². The zero-order valence-corrected chi connectivity index (χ0v) is 10.7. The molecule has 0 aliphatic carbocycles. The Hall–Kier alpha value is -0.930. The number of rotatable bonds is 5.